The van der Waals surface area contributed by atoms with E-state index in [0.29, 0.717) is 0 Å². The fourth-order valence-corrected chi connectivity index (χ4v) is 0.329. The van der Waals surface area contributed by atoms with E-state index >= 15 is 0 Å². The van der Waals surface area contributed by atoms with Gasteiger partial charge in [-0.25, -0.2) is 4.79 Å². The molecule has 0 unspecified atom stereocenters. The molecule has 0 heterocycles. The molecule has 0 radical (unpaired) electrons. The highest BCUT2D eigenvalue weighted by Crippen LogP contribution is 1.87. The van der Waals surface area contributed by atoms with Crippen molar-refractivity contribution in [3.63, 3.8) is 0 Å². The normalized spacial score (nSPS) is 10.9. The fourth-order valence-electron chi connectivity index (χ4n) is 0.110. The third-order valence-corrected chi connectivity index (χ3v) is 0.590. The van der Waals surface area contributed by atoms with E-state index in [1.165, 1.54) is 0 Å². The Labute approximate surface area is 52.6 Å². The summed E-state index contributed by atoms with van der Waals surface area (Å²) in [5, 5.41) is 0. The smallest absolute Gasteiger partial charge is 0.282 e. The molecule has 0 aromatic heterocycles. The van der Waals surface area contributed by atoms with E-state index in [9.17, 15) is 13.2 Å². The SMILES string of the molecule is CC(=O)OOS(C)(=O)=O. The van der Waals surface area contributed by atoms with Gasteiger partial charge in [-0.3, -0.25) is 4.89 Å². The summed E-state index contributed by atoms with van der Waals surface area (Å²) < 4.78 is 23.7. The van der Waals surface area contributed by atoms with Crippen LogP contribution < -0.4 is 0 Å². The molecule has 0 aromatic rings. The molecule has 0 aromatic carbocycles. The monoisotopic (exact) mass is 154 g/mol. The van der Waals surface area contributed by atoms with Crippen LogP contribution in [0.2, 0.25) is 0 Å². The first-order valence-electron chi connectivity index (χ1n) is 1.98. The molecule has 0 saturated carbocycles. The van der Waals surface area contributed by atoms with Crippen molar-refractivity contribution in [1.29, 1.82) is 0 Å². The van der Waals surface area contributed by atoms with E-state index in [2.05, 4.69) is 9.22 Å². The first-order valence-corrected chi connectivity index (χ1v) is 3.80. The van der Waals surface area contributed by atoms with E-state index in [0.717, 1.165) is 13.2 Å². The highest BCUT2D eigenvalue weighted by atomic mass is 32.2. The molecule has 5 nitrogen and oxygen atoms in total. The summed E-state index contributed by atoms with van der Waals surface area (Å²) >= 11 is 0. The van der Waals surface area contributed by atoms with E-state index in [4.69, 9.17) is 0 Å². The quantitative estimate of drug-likeness (QED) is 0.394. The van der Waals surface area contributed by atoms with Gasteiger partial charge in [0.15, 0.2) is 0 Å². The van der Waals surface area contributed by atoms with Crippen molar-refractivity contribution in [3.05, 3.63) is 0 Å². The molecular formula is C3H6O5S. The van der Waals surface area contributed by atoms with Crippen molar-refractivity contribution in [1.82, 2.24) is 0 Å². The van der Waals surface area contributed by atoms with Gasteiger partial charge in [-0.1, -0.05) is 4.33 Å². The zero-order valence-electron chi connectivity index (χ0n) is 4.95. The van der Waals surface area contributed by atoms with E-state index in [-0.39, 0.29) is 0 Å². The van der Waals surface area contributed by atoms with Crippen molar-refractivity contribution in [2.75, 3.05) is 6.26 Å². The number of carbonyl (C=O) groups is 1. The van der Waals surface area contributed by atoms with Crippen LogP contribution in [0.25, 0.3) is 0 Å². The average molecular weight is 154 g/mol. The van der Waals surface area contributed by atoms with Gasteiger partial charge in [0.2, 0.25) is 0 Å². The fraction of sp³-hybridized carbons (Fsp3) is 0.667. The van der Waals surface area contributed by atoms with Crippen molar-refractivity contribution >= 4 is 16.1 Å². The molecule has 0 spiro atoms. The lowest BCUT2D eigenvalue weighted by Gasteiger charge is -1.94. The Balaban J connectivity index is 3.67. The van der Waals surface area contributed by atoms with Gasteiger partial charge in [0, 0.05) is 6.92 Å². The van der Waals surface area contributed by atoms with Crippen molar-refractivity contribution in [2.24, 2.45) is 0 Å². The van der Waals surface area contributed by atoms with Crippen LogP contribution >= 0.6 is 0 Å². The third-order valence-electron chi connectivity index (χ3n) is 0.275. The second-order valence-electron chi connectivity index (χ2n) is 1.35. The molecule has 0 atom stereocenters. The van der Waals surface area contributed by atoms with Gasteiger partial charge in [0.1, 0.15) is 0 Å². The first kappa shape index (κ1) is 8.38. The lowest BCUT2D eigenvalue weighted by atomic mass is 10.9. The van der Waals surface area contributed by atoms with Crippen LogP contribution in [0.1, 0.15) is 6.92 Å². The van der Waals surface area contributed by atoms with Crippen LogP contribution in [0, 0.1) is 0 Å². The molecule has 0 aliphatic rings. The summed E-state index contributed by atoms with van der Waals surface area (Å²) in [5.41, 5.74) is 0. The zero-order valence-corrected chi connectivity index (χ0v) is 5.77. The minimum Gasteiger partial charge on any atom is -0.282 e. The van der Waals surface area contributed by atoms with Gasteiger partial charge in [-0.15, -0.1) is 0 Å². The summed E-state index contributed by atoms with van der Waals surface area (Å²) in [4.78, 5) is 13.6. The Kier molecular flexibility index (Phi) is 2.60. The minimum absolute atomic E-state index is 0.774. The van der Waals surface area contributed by atoms with Crippen LogP contribution in [0.5, 0.6) is 0 Å². The van der Waals surface area contributed by atoms with E-state index in [1.54, 1.807) is 0 Å². The van der Waals surface area contributed by atoms with Gasteiger partial charge in [0.25, 0.3) is 10.1 Å². The maximum atomic E-state index is 10.0. The number of hydrogen-bond acceptors (Lipinski definition) is 5. The maximum Gasteiger partial charge on any atom is 0.340 e. The van der Waals surface area contributed by atoms with Gasteiger partial charge in [0.05, 0.1) is 6.26 Å². The second kappa shape index (κ2) is 2.79. The maximum absolute atomic E-state index is 10.0. The van der Waals surface area contributed by atoms with Crippen molar-refractivity contribution < 1.29 is 22.4 Å². The van der Waals surface area contributed by atoms with E-state index in [1.807, 2.05) is 0 Å². The molecule has 0 fully saturated rings. The molecule has 0 saturated heterocycles. The highest BCUT2D eigenvalue weighted by molar-refractivity contribution is 7.85. The summed E-state index contributed by atoms with van der Waals surface area (Å²) in [6.07, 6.45) is 0.774. The van der Waals surface area contributed by atoms with Crippen molar-refractivity contribution in [3.8, 4) is 0 Å². The summed E-state index contributed by atoms with van der Waals surface area (Å²) in [6.45, 7) is 1.03. The molecule has 0 amide bonds. The van der Waals surface area contributed by atoms with Crippen LogP contribution in [0.4, 0.5) is 0 Å². The predicted molar refractivity (Wildman–Crippen MR) is 27.7 cm³/mol. The Hall–Kier alpha value is -0.620. The Bertz CT molecular complexity index is 190. The van der Waals surface area contributed by atoms with Gasteiger partial charge in [-0.2, -0.15) is 8.42 Å². The van der Waals surface area contributed by atoms with Crippen LogP contribution in [-0.4, -0.2) is 20.6 Å². The summed E-state index contributed by atoms with van der Waals surface area (Å²) in [7, 11) is -3.66. The molecule has 0 N–H and O–H groups in total. The Morgan fingerprint density at radius 3 is 2.00 bits per heavy atom. The van der Waals surface area contributed by atoms with Gasteiger partial charge in [-0.05, 0) is 0 Å². The Morgan fingerprint density at radius 2 is 1.89 bits per heavy atom. The lowest BCUT2D eigenvalue weighted by molar-refractivity contribution is -0.208. The van der Waals surface area contributed by atoms with Crippen molar-refractivity contribution in [2.45, 2.75) is 6.92 Å². The molecule has 54 valence electrons. The van der Waals surface area contributed by atoms with Gasteiger partial charge < -0.3 is 0 Å². The molecule has 9 heavy (non-hydrogen) atoms. The predicted octanol–water partition coefficient (Wildman–Crippen LogP) is -0.559. The Morgan fingerprint density at radius 1 is 1.44 bits per heavy atom. The average Bonchev–Trinajstić information content (AvgIpc) is 1.59. The zero-order chi connectivity index (χ0) is 7.49. The first-order chi connectivity index (χ1) is 3.92. The molecule has 6 heteroatoms. The van der Waals surface area contributed by atoms with E-state index < -0.39 is 16.1 Å². The molecule has 0 aliphatic heterocycles. The molecule has 0 bridgehead atoms. The molecule has 0 rings (SSSR count). The molecular weight excluding hydrogens is 148 g/mol. The highest BCUT2D eigenvalue weighted by Gasteiger charge is 2.03. The lowest BCUT2D eigenvalue weighted by Crippen LogP contribution is -2.06. The number of hydrogen-bond donors (Lipinski definition) is 0. The standard InChI is InChI=1S/C3H6O5S/c1-3(4)7-8-9(2,5)6/h1-2H3. The summed E-state index contributed by atoms with van der Waals surface area (Å²) in [6, 6.07) is 0. The number of carbonyl (C=O) groups excluding carboxylic acids is 1. The largest absolute Gasteiger partial charge is 0.340 e. The minimum atomic E-state index is -3.66. The van der Waals surface area contributed by atoms with Crippen LogP contribution in [0.15, 0.2) is 0 Å². The third kappa shape index (κ3) is 7.38. The van der Waals surface area contributed by atoms with Crippen LogP contribution in [-0.2, 0) is 24.1 Å². The number of rotatable bonds is 2. The topological polar surface area (TPSA) is 69.7 Å². The summed E-state index contributed by atoms with van der Waals surface area (Å²) in [5.74, 6) is -0.805. The molecule has 0 aliphatic carbocycles. The van der Waals surface area contributed by atoms with Crippen LogP contribution in [0.3, 0.4) is 0 Å². The second-order valence-corrected chi connectivity index (χ2v) is 2.89. The van der Waals surface area contributed by atoms with Gasteiger partial charge >= 0.3 is 5.97 Å².